The molecule has 4 nitrogen and oxygen atoms in total. The van der Waals surface area contributed by atoms with E-state index in [-0.39, 0.29) is 6.04 Å². The molecule has 0 N–H and O–H groups in total. The van der Waals surface area contributed by atoms with Gasteiger partial charge in [-0.15, -0.1) is 0 Å². The van der Waals surface area contributed by atoms with Crippen molar-refractivity contribution in [3.8, 4) is 0 Å². The standard InChI is InChI=1S/C13H18BrNO3S/c1-19(16,17)15(13-5-7-18-8-6-13)10-11-3-2-4-12(14)9-11/h2-4,9,13H,5-8,10H2,1H3. The Kier molecular flexibility index (Phi) is 5.00. The lowest BCUT2D eigenvalue weighted by atomic mass is 10.1. The van der Waals surface area contributed by atoms with E-state index < -0.39 is 10.0 Å². The quantitative estimate of drug-likeness (QED) is 0.839. The Bertz CT molecular complexity index is 526. The third-order valence-corrected chi connectivity index (χ3v) is 5.02. The number of hydrogen-bond acceptors (Lipinski definition) is 3. The zero-order chi connectivity index (χ0) is 13.9. The van der Waals surface area contributed by atoms with Crippen molar-refractivity contribution in [1.29, 1.82) is 0 Å². The van der Waals surface area contributed by atoms with E-state index in [1.807, 2.05) is 24.3 Å². The van der Waals surface area contributed by atoms with E-state index in [1.165, 1.54) is 6.26 Å². The number of ether oxygens (including phenoxy) is 1. The molecule has 0 aliphatic carbocycles. The van der Waals surface area contributed by atoms with Crippen molar-refractivity contribution in [2.45, 2.75) is 25.4 Å². The van der Waals surface area contributed by atoms with Gasteiger partial charge < -0.3 is 4.74 Å². The summed E-state index contributed by atoms with van der Waals surface area (Å²) >= 11 is 3.41. The molecule has 1 aliphatic rings. The summed E-state index contributed by atoms with van der Waals surface area (Å²) in [6, 6.07) is 7.80. The van der Waals surface area contributed by atoms with Crippen LogP contribution in [0.15, 0.2) is 28.7 Å². The lowest BCUT2D eigenvalue weighted by molar-refractivity contribution is 0.0571. The Hall–Kier alpha value is -0.430. The van der Waals surface area contributed by atoms with Crippen LogP contribution in [0.2, 0.25) is 0 Å². The molecule has 1 aliphatic heterocycles. The third kappa shape index (κ3) is 4.27. The van der Waals surface area contributed by atoms with E-state index in [1.54, 1.807) is 4.31 Å². The van der Waals surface area contributed by atoms with E-state index in [0.717, 1.165) is 22.9 Å². The maximum atomic E-state index is 12.0. The van der Waals surface area contributed by atoms with E-state index >= 15 is 0 Å². The first-order valence-electron chi connectivity index (χ1n) is 6.26. The number of benzene rings is 1. The van der Waals surface area contributed by atoms with Crippen molar-refractivity contribution in [3.05, 3.63) is 34.3 Å². The van der Waals surface area contributed by atoms with Gasteiger partial charge in [-0.25, -0.2) is 8.42 Å². The number of halogens is 1. The molecule has 0 amide bonds. The molecule has 0 unspecified atom stereocenters. The molecule has 0 bridgehead atoms. The monoisotopic (exact) mass is 347 g/mol. The van der Waals surface area contributed by atoms with Gasteiger partial charge in [-0.1, -0.05) is 28.1 Å². The molecule has 106 valence electrons. The summed E-state index contributed by atoms with van der Waals surface area (Å²) in [7, 11) is -3.21. The molecule has 0 spiro atoms. The average Bonchev–Trinajstić information content (AvgIpc) is 2.36. The van der Waals surface area contributed by atoms with Gasteiger partial charge >= 0.3 is 0 Å². The first kappa shape index (κ1) is 15.0. The predicted octanol–water partition coefficient (Wildman–Crippen LogP) is 2.39. The molecule has 1 aromatic rings. The Morgan fingerprint density at radius 2 is 2.05 bits per heavy atom. The fraction of sp³-hybridized carbons (Fsp3) is 0.538. The van der Waals surface area contributed by atoms with Crippen LogP contribution in [-0.4, -0.2) is 38.2 Å². The SMILES string of the molecule is CS(=O)(=O)N(Cc1cccc(Br)c1)C1CCOCC1. The van der Waals surface area contributed by atoms with Gasteiger partial charge in [-0.2, -0.15) is 4.31 Å². The van der Waals surface area contributed by atoms with Gasteiger partial charge in [0.05, 0.1) is 6.26 Å². The van der Waals surface area contributed by atoms with Crippen molar-refractivity contribution in [2.24, 2.45) is 0 Å². The van der Waals surface area contributed by atoms with Crippen LogP contribution >= 0.6 is 15.9 Å². The first-order valence-corrected chi connectivity index (χ1v) is 8.90. The minimum absolute atomic E-state index is 0.0442. The van der Waals surface area contributed by atoms with Gasteiger partial charge in [0.25, 0.3) is 0 Å². The maximum Gasteiger partial charge on any atom is 0.211 e. The zero-order valence-electron chi connectivity index (χ0n) is 10.9. The predicted molar refractivity (Wildman–Crippen MR) is 78.4 cm³/mol. The molecular weight excluding hydrogens is 330 g/mol. The minimum Gasteiger partial charge on any atom is -0.381 e. The van der Waals surface area contributed by atoms with E-state index in [4.69, 9.17) is 4.74 Å². The molecule has 0 aromatic heterocycles. The Morgan fingerprint density at radius 3 is 2.63 bits per heavy atom. The van der Waals surface area contributed by atoms with Crippen LogP contribution in [0, 0.1) is 0 Å². The molecule has 1 heterocycles. The molecule has 19 heavy (non-hydrogen) atoms. The lowest BCUT2D eigenvalue weighted by Crippen LogP contribution is -2.42. The topological polar surface area (TPSA) is 46.6 Å². The van der Waals surface area contributed by atoms with E-state index in [9.17, 15) is 8.42 Å². The van der Waals surface area contributed by atoms with Crippen LogP contribution in [0.3, 0.4) is 0 Å². The normalized spacial score (nSPS) is 17.8. The van der Waals surface area contributed by atoms with Crippen LogP contribution < -0.4 is 0 Å². The molecule has 1 fully saturated rings. The zero-order valence-corrected chi connectivity index (χ0v) is 13.3. The summed E-state index contributed by atoms with van der Waals surface area (Å²) in [5.74, 6) is 0. The molecule has 1 aromatic carbocycles. The summed E-state index contributed by atoms with van der Waals surface area (Å²) < 4.78 is 31.8. The lowest BCUT2D eigenvalue weighted by Gasteiger charge is -2.32. The highest BCUT2D eigenvalue weighted by atomic mass is 79.9. The summed E-state index contributed by atoms with van der Waals surface area (Å²) in [4.78, 5) is 0. The van der Waals surface area contributed by atoms with Gasteiger partial charge in [0.2, 0.25) is 10.0 Å². The minimum atomic E-state index is -3.21. The van der Waals surface area contributed by atoms with Crippen molar-refractivity contribution in [2.75, 3.05) is 19.5 Å². The molecule has 2 rings (SSSR count). The molecule has 0 radical (unpaired) electrons. The highest BCUT2D eigenvalue weighted by Crippen LogP contribution is 2.21. The van der Waals surface area contributed by atoms with Crippen LogP contribution in [0.5, 0.6) is 0 Å². The van der Waals surface area contributed by atoms with Crippen LogP contribution in [-0.2, 0) is 21.3 Å². The second kappa shape index (κ2) is 6.35. The van der Waals surface area contributed by atoms with Crippen molar-refractivity contribution in [1.82, 2.24) is 4.31 Å². The second-order valence-corrected chi connectivity index (χ2v) is 7.63. The molecule has 6 heteroatoms. The van der Waals surface area contributed by atoms with Crippen LogP contribution in [0.4, 0.5) is 0 Å². The number of sulfonamides is 1. The molecule has 0 atom stereocenters. The van der Waals surface area contributed by atoms with Gasteiger partial charge in [-0.3, -0.25) is 0 Å². The Balaban J connectivity index is 2.19. The first-order chi connectivity index (χ1) is 8.97. The van der Waals surface area contributed by atoms with Gasteiger partial charge in [0, 0.05) is 30.3 Å². The molecule has 0 saturated carbocycles. The summed E-state index contributed by atoms with van der Waals surface area (Å²) in [5, 5.41) is 0. The Morgan fingerprint density at radius 1 is 1.37 bits per heavy atom. The van der Waals surface area contributed by atoms with Crippen molar-refractivity contribution in [3.63, 3.8) is 0 Å². The van der Waals surface area contributed by atoms with E-state index in [2.05, 4.69) is 15.9 Å². The Labute approximate surface area is 122 Å². The molecule has 1 saturated heterocycles. The molecular formula is C13H18BrNO3S. The number of nitrogens with zero attached hydrogens (tertiary/aromatic N) is 1. The summed E-state index contributed by atoms with van der Waals surface area (Å²) in [5.41, 5.74) is 0.992. The van der Waals surface area contributed by atoms with Crippen molar-refractivity contribution < 1.29 is 13.2 Å². The average molecular weight is 348 g/mol. The smallest absolute Gasteiger partial charge is 0.211 e. The highest BCUT2D eigenvalue weighted by molar-refractivity contribution is 9.10. The van der Waals surface area contributed by atoms with E-state index in [0.29, 0.717) is 19.8 Å². The van der Waals surface area contributed by atoms with Crippen molar-refractivity contribution >= 4 is 26.0 Å². The van der Waals surface area contributed by atoms with Gasteiger partial charge in [0.15, 0.2) is 0 Å². The largest absolute Gasteiger partial charge is 0.381 e. The second-order valence-electron chi connectivity index (χ2n) is 4.78. The summed E-state index contributed by atoms with van der Waals surface area (Å²) in [6.45, 7) is 1.69. The number of rotatable bonds is 4. The van der Waals surface area contributed by atoms with Crippen LogP contribution in [0.25, 0.3) is 0 Å². The van der Waals surface area contributed by atoms with Gasteiger partial charge in [-0.05, 0) is 30.5 Å². The fourth-order valence-corrected chi connectivity index (χ4v) is 3.89. The highest BCUT2D eigenvalue weighted by Gasteiger charge is 2.28. The van der Waals surface area contributed by atoms with Crippen LogP contribution in [0.1, 0.15) is 18.4 Å². The van der Waals surface area contributed by atoms with Gasteiger partial charge in [0.1, 0.15) is 0 Å². The maximum absolute atomic E-state index is 12.0. The number of hydrogen-bond donors (Lipinski definition) is 0. The summed E-state index contributed by atoms with van der Waals surface area (Å²) in [6.07, 6.45) is 2.81. The fourth-order valence-electron chi connectivity index (χ4n) is 2.31. The third-order valence-electron chi connectivity index (χ3n) is 3.25.